The minimum absolute atomic E-state index is 0. The average Bonchev–Trinajstić information content (AvgIpc) is 2.27. The van der Waals surface area contributed by atoms with Gasteiger partial charge in [0.25, 0.3) is 0 Å². The van der Waals surface area contributed by atoms with Gasteiger partial charge in [-0.1, -0.05) is 0 Å². The predicted octanol–water partition coefficient (Wildman–Crippen LogP) is 0.314. The largest absolute Gasteiger partial charge is 0.362 e. The molecule has 18 heavy (non-hydrogen) atoms. The minimum atomic E-state index is 0. The van der Waals surface area contributed by atoms with Crippen molar-refractivity contribution in [3.05, 3.63) is 0 Å². The number of thiocarbonyl (C=S) groups is 2. The summed E-state index contributed by atoms with van der Waals surface area (Å²) in [7, 11) is 0. The standard InChI is InChI=1S/C9H18N6S2.Cu/c1-4-10-8(16)14-12-6-7(3)13-15-9(17)11-5-2;/h6H,4-5H2,1-3H3,(H2,10,14,16)(H2,11,15,17);. The van der Waals surface area contributed by atoms with Crippen molar-refractivity contribution in [3.8, 4) is 0 Å². The molecule has 0 aromatic heterocycles. The Labute approximate surface area is 129 Å². The SMILES string of the molecule is CCNC(=S)NN=CC(C)=NNC(=S)NCC.[Cu]. The van der Waals surface area contributed by atoms with Crippen LogP contribution in [0.25, 0.3) is 0 Å². The number of hydrogen-bond acceptors (Lipinski definition) is 4. The molecular formula is C9H18CuN6S2. The summed E-state index contributed by atoms with van der Waals surface area (Å²) in [4.78, 5) is 0. The van der Waals surface area contributed by atoms with E-state index in [4.69, 9.17) is 24.4 Å². The Morgan fingerprint density at radius 1 is 1.06 bits per heavy atom. The van der Waals surface area contributed by atoms with E-state index in [-0.39, 0.29) is 17.1 Å². The summed E-state index contributed by atoms with van der Waals surface area (Å²) in [5.41, 5.74) is 6.03. The monoisotopic (exact) mass is 337 g/mol. The van der Waals surface area contributed by atoms with Crippen molar-refractivity contribution in [2.24, 2.45) is 10.2 Å². The first-order valence-electron chi connectivity index (χ1n) is 5.25. The molecule has 9 heteroatoms. The van der Waals surface area contributed by atoms with Gasteiger partial charge >= 0.3 is 0 Å². The number of nitrogens with zero attached hydrogens (tertiary/aromatic N) is 2. The molecule has 0 saturated heterocycles. The Bertz CT molecular complexity index is 318. The van der Waals surface area contributed by atoms with Gasteiger partial charge < -0.3 is 10.6 Å². The fourth-order valence-corrected chi connectivity index (χ4v) is 1.14. The van der Waals surface area contributed by atoms with Gasteiger partial charge in [0, 0.05) is 30.2 Å². The first-order valence-corrected chi connectivity index (χ1v) is 6.06. The van der Waals surface area contributed by atoms with E-state index < -0.39 is 0 Å². The molecule has 0 unspecified atom stereocenters. The Morgan fingerprint density at radius 2 is 1.56 bits per heavy atom. The quantitative estimate of drug-likeness (QED) is 0.250. The van der Waals surface area contributed by atoms with Crippen LogP contribution in [0.15, 0.2) is 10.2 Å². The van der Waals surface area contributed by atoms with Gasteiger partial charge in [-0.3, -0.25) is 10.9 Å². The molecular weight excluding hydrogens is 320 g/mol. The molecule has 0 aliphatic heterocycles. The second-order valence-electron chi connectivity index (χ2n) is 2.95. The number of nitrogens with one attached hydrogen (secondary N) is 4. The zero-order valence-electron chi connectivity index (χ0n) is 10.5. The smallest absolute Gasteiger partial charge is 0.186 e. The third kappa shape index (κ3) is 11.7. The average molecular weight is 338 g/mol. The molecule has 4 N–H and O–H groups in total. The second kappa shape index (κ2) is 12.7. The van der Waals surface area contributed by atoms with Crippen LogP contribution in [0, 0.1) is 0 Å². The van der Waals surface area contributed by atoms with Crippen LogP contribution < -0.4 is 21.5 Å². The third-order valence-corrected chi connectivity index (χ3v) is 1.90. The second-order valence-corrected chi connectivity index (χ2v) is 3.77. The van der Waals surface area contributed by atoms with Crippen molar-refractivity contribution in [3.63, 3.8) is 0 Å². The molecule has 0 spiro atoms. The van der Waals surface area contributed by atoms with Crippen molar-refractivity contribution >= 4 is 46.6 Å². The summed E-state index contributed by atoms with van der Waals surface area (Å²) in [5.74, 6) is 0. The van der Waals surface area contributed by atoms with Crippen LogP contribution in [-0.4, -0.2) is 35.2 Å². The van der Waals surface area contributed by atoms with E-state index in [2.05, 4.69) is 31.7 Å². The first-order chi connectivity index (χ1) is 8.10. The summed E-state index contributed by atoms with van der Waals surface area (Å²) < 4.78 is 0. The van der Waals surface area contributed by atoms with Crippen LogP contribution in [0.3, 0.4) is 0 Å². The number of rotatable bonds is 5. The molecule has 0 bridgehead atoms. The van der Waals surface area contributed by atoms with E-state index in [0.29, 0.717) is 15.9 Å². The molecule has 0 aliphatic carbocycles. The van der Waals surface area contributed by atoms with Crippen LogP contribution >= 0.6 is 24.4 Å². The zero-order chi connectivity index (χ0) is 13.1. The summed E-state index contributed by atoms with van der Waals surface area (Å²) in [6.45, 7) is 7.22. The van der Waals surface area contributed by atoms with Gasteiger partial charge in [-0.05, 0) is 45.2 Å². The summed E-state index contributed by atoms with van der Waals surface area (Å²) in [5, 5.41) is 14.7. The van der Waals surface area contributed by atoms with Crippen LogP contribution in [0.5, 0.6) is 0 Å². The maximum atomic E-state index is 4.94. The van der Waals surface area contributed by atoms with Gasteiger partial charge in [0.15, 0.2) is 10.2 Å². The first kappa shape index (κ1) is 19.6. The molecule has 6 nitrogen and oxygen atoms in total. The molecule has 0 fully saturated rings. The van der Waals surface area contributed by atoms with E-state index in [0.717, 1.165) is 13.1 Å². The topological polar surface area (TPSA) is 72.8 Å². The van der Waals surface area contributed by atoms with Crippen LogP contribution in [0.2, 0.25) is 0 Å². The molecule has 0 aromatic carbocycles. The molecule has 1 radical (unpaired) electrons. The molecule has 0 aromatic rings. The van der Waals surface area contributed by atoms with Crippen molar-refractivity contribution in [2.45, 2.75) is 20.8 Å². The van der Waals surface area contributed by atoms with E-state index in [1.807, 2.05) is 13.8 Å². The van der Waals surface area contributed by atoms with Crippen molar-refractivity contribution < 1.29 is 17.1 Å². The normalized spacial score (nSPS) is 10.5. The van der Waals surface area contributed by atoms with Gasteiger partial charge in [0.2, 0.25) is 0 Å². The Morgan fingerprint density at radius 3 is 2.06 bits per heavy atom. The molecule has 0 heterocycles. The van der Waals surface area contributed by atoms with Gasteiger partial charge in [-0.15, -0.1) is 0 Å². The van der Waals surface area contributed by atoms with Crippen LogP contribution in [0.4, 0.5) is 0 Å². The molecule has 0 aliphatic rings. The number of hydrazone groups is 2. The minimum Gasteiger partial charge on any atom is -0.362 e. The Kier molecular flexibility index (Phi) is 13.8. The summed E-state index contributed by atoms with van der Waals surface area (Å²) in [6, 6.07) is 0. The van der Waals surface area contributed by atoms with Crippen molar-refractivity contribution in [2.75, 3.05) is 13.1 Å². The molecule has 0 rings (SSSR count). The molecule has 0 saturated carbocycles. The zero-order valence-corrected chi connectivity index (χ0v) is 13.1. The van der Waals surface area contributed by atoms with Crippen molar-refractivity contribution in [1.29, 1.82) is 0 Å². The van der Waals surface area contributed by atoms with Gasteiger partial charge in [0.05, 0.1) is 11.9 Å². The molecule has 0 amide bonds. The maximum absolute atomic E-state index is 4.94. The van der Waals surface area contributed by atoms with Crippen LogP contribution in [0.1, 0.15) is 20.8 Å². The van der Waals surface area contributed by atoms with E-state index in [1.54, 1.807) is 13.1 Å². The van der Waals surface area contributed by atoms with E-state index in [9.17, 15) is 0 Å². The fourth-order valence-electron chi connectivity index (χ4n) is 0.752. The Hall–Kier alpha value is -0.761. The number of hydrogen-bond donors (Lipinski definition) is 4. The molecule has 0 atom stereocenters. The Balaban J connectivity index is 0. The van der Waals surface area contributed by atoms with Gasteiger partial charge in [0.1, 0.15) is 0 Å². The van der Waals surface area contributed by atoms with Crippen LogP contribution in [-0.2, 0) is 17.1 Å². The van der Waals surface area contributed by atoms with E-state index >= 15 is 0 Å². The molecule has 107 valence electrons. The predicted molar refractivity (Wildman–Crippen MR) is 80.4 cm³/mol. The maximum Gasteiger partial charge on any atom is 0.186 e. The van der Waals surface area contributed by atoms with Gasteiger partial charge in [-0.25, -0.2) is 0 Å². The fraction of sp³-hybridized carbons (Fsp3) is 0.556. The summed E-state index contributed by atoms with van der Waals surface area (Å²) in [6.07, 6.45) is 1.55. The summed E-state index contributed by atoms with van der Waals surface area (Å²) >= 11 is 9.86. The van der Waals surface area contributed by atoms with E-state index in [1.165, 1.54) is 0 Å². The van der Waals surface area contributed by atoms with Crippen molar-refractivity contribution in [1.82, 2.24) is 21.5 Å². The van der Waals surface area contributed by atoms with Gasteiger partial charge in [-0.2, -0.15) is 10.2 Å². The third-order valence-electron chi connectivity index (χ3n) is 1.43.